The van der Waals surface area contributed by atoms with Crippen molar-refractivity contribution in [2.75, 3.05) is 14.2 Å². The number of fused-ring (bicyclic) bond motifs is 1. The van der Waals surface area contributed by atoms with E-state index in [1.54, 1.807) is 14.2 Å². The number of halogens is 1. The van der Waals surface area contributed by atoms with E-state index >= 15 is 0 Å². The molecule has 0 radical (unpaired) electrons. The Labute approximate surface area is 125 Å². The third kappa shape index (κ3) is 2.27. The summed E-state index contributed by atoms with van der Waals surface area (Å²) in [6.07, 6.45) is 0. The van der Waals surface area contributed by atoms with Gasteiger partial charge in [0, 0.05) is 15.4 Å². The maximum atomic E-state index is 5.93. The number of benzene rings is 2. The number of hydrogen-bond acceptors (Lipinski definition) is 3. The van der Waals surface area contributed by atoms with E-state index in [-0.39, 0.29) is 0 Å². The van der Waals surface area contributed by atoms with Crippen molar-refractivity contribution < 1.29 is 13.9 Å². The summed E-state index contributed by atoms with van der Waals surface area (Å²) in [7, 11) is 3.28. The summed E-state index contributed by atoms with van der Waals surface area (Å²) < 4.78 is 17.5. The Morgan fingerprint density at radius 1 is 1.00 bits per heavy atom. The standard InChI is InChI=1S/C16H13BrO3/c1-18-13-5-3-4-10(7-13)14-8-11-6-12(17)9-15(19-2)16(11)20-14/h3-9H,1-2H3. The third-order valence-electron chi connectivity index (χ3n) is 3.12. The normalized spacial score (nSPS) is 10.8. The van der Waals surface area contributed by atoms with Crippen LogP contribution in [0.4, 0.5) is 0 Å². The molecule has 3 nitrogen and oxygen atoms in total. The smallest absolute Gasteiger partial charge is 0.176 e. The predicted molar refractivity (Wildman–Crippen MR) is 82.5 cm³/mol. The summed E-state index contributed by atoms with van der Waals surface area (Å²) in [6, 6.07) is 13.7. The molecule has 4 heteroatoms. The first-order valence-corrected chi connectivity index (χ1v) is 6.92. The Bertz CT molecular complexity index is 762. The van der Waals surface area contributed by atoms with Crippen LogP contribution in [0.2, 0.25) is 0 Å². The van der Waals surface area contributed by atoms with Gasteiger partial charge < -0.3 is 13.9 Å². The monoisotopic (exact) mass is 332 g/mol. The summed E-state index contributed by atoms with van der Waals surface area (Å²) in [4.78, 5) is 0. The summed E-state index contributed by atoms with van der Waals surface area (Å²) in [5, 5.41) is 0.994. The average Bonchev–Trinajstić information content (AvgIpc) is 2.90. The van der Waals surface area contributed by atoms with Crippen LogP contribution in [-0.4, -0.2) is 14.2 Å². The summed E-state index contributed by atoms with van der Waals surface area (Å²) >= 11 is 3.47. The van der Waals surface area contributed by atoms with E-state index in [0.717, 1.165) is 32.5 Å². The molecule has 0 bridgehead atoms. The van der Waals surface area contributed by atoms with Crippen LogP contribution in [0, 0.1) is 0 Å². The SMILES string of the molecule is COc1cccc(-c2cc3cc(Br)cc(OC)c3o2)c1. The minimum atomic E-state index is 0.712. The van der Waals surface area contributed by atoms with Crippen LogP contribution in [0.15, 0.2) is 51.4 Å². The fourth-order valence-corrected chi connectivity index (χ4v) is 2.61. The molecule has 0 aliphatic carbocycles. The van der Waals surface area contributed by atoms with Gasteiger partial charge >= 0.3 is 0 Å². The Morgan fingerprint density at radius 2 is 1.85 bits per heavy atom. The molecule has 0 saturated carbocycles. The lowest BCUT2D eigenvalue weighted by Gasteiger charge is -2.02. The predicted octanol–water partition coefficient (Wildman–Crippen LogP) is 4.88. The summed E-state index contributed by atoms with van der Waals surface area (Å²) in [5.41, 5.74) is 1.72. The van der Waals surface area contributed by atoms with Crippen molar-refractivity contribution in [2.45, 2.75) is 0 Å². The molecule has 20 heavy (non-hydrogen) atoms. The number of ether oxygens (including phenoxy) is 2. The van der Waals surface area contributed by atoms with Crippen molar-refractivity contribution in [3.05, 3.63) is 46.9 Å². The lowest BCUT2D eigenvalue weighted by Crippen LogP contribution is -1.83. The van der Waals surface area contributed by atoms with Crippen molar-refractivity contribution in [2.24, 2.45) is 0 Å². The van der Waals surface area contributed by atoms with Gasteiger partial charge in [-0.3, -0.25) is 0 Å². The van der Waals surface area contributed by atoms with E-state index in [1.165, 1.54) is 0 Å². The van der Waals surface area contributed by atoms with Gasteiger partial charge in [-0.25, -0.2) is 0 Å². The van der Waals surface area contributed by atoms with Crippen LogP contribution in [0.25, 0.3) is 22.3 Å². The van der Waals surface area contributed by atoms with Crippen molar-refractivity contribution in [1.82, 2.24) is 0 Å². The molecule has 0 N–H and O–H groups in total. The first-order valence-electron chi connectivity index (χ1n) is 6.13. The van der Waals surface area contributed by atoms with E-state index in [1.807, 2.05) is 42.5 Å². The van der Waals surface area contributed by atoms with Crippen LogP contribution in [0.3, 0.4) is 0 Å². The molecule has 0 amide bonds. The van der Waals surface area contributed by atoms with Gasteiger partial charge in [0.05, 0.1) is 14.2 Å². The van der Waals surface area contributed by atoms with E-state index in [9.17, 15) is 0 Å². The van der Waals surface area contributed by atoms with Gasteiger partial charge in [0.2, 0.25) is 0 Å². The molecule has 0 unspecified atom stereocenters. The van der Waals surface area contributed by atoms with Crippen molar-refractivity contribution in [3.63, 3.8) is 0 Å². The molecular weight excluding hydrogens is 320 g/mol. The largest absolute Gasteiger partial charge is 0.497 e. The molecule has 3 rings (SSSR count). The Kier molecular flexibility index (Phi) is 3.40. The van der Waals surface area contributed by atoms with E-state index < -0.39 is 0 Å². The maximum absolute atomic E-state index is 5.93. The van der Waals surface area contributed by atoms with Crippen LogP contribution >= 0.6 is 15.9 Å². The zero-order valence-electron chi connectivity index (χ0n) is 11.1. The molecule has 1 aromatic heterocycles. The fraction of sp³-hybridized carbons (Fsp3) is 0.125. The highest BCUT2D eigenvalue weighted by Gasteiger charge is 2.12. The number of furan rings is 1. The van der Waals surface area contributed by atoms with E-state index in [2.05, 4.69) is 15.9 Å². The minimum Gasteiger partial charge on any atom is -0.497 e. The second-order valence-corrected chi connectivity index (χ2v) is 5.28. The van der Waals surface area contributed by atoms with Crippen molar-refractivity contribution >= 4 is 26.9 Å². The highest BCUT2D eigenvalue weighted by Crippen LogP contribution is 2.36. The van der Waals surface area contributed by atoms with Gasteiger partial charge in [-0.1, -0.05) is 28.1 Å². The van der Waals surface area contributed by atoms with E-state index in [0.29, 0.717) is 5.75 Å². The fourth-order valence-electron chi connectivity index (χ4n) is 2.16. The third-order valence-corrected chi connectivity index (χ3v) is 3.58. The number of rotatable bonds is 3. The molecule has 0 spiro atoms. The van der Waals surface area contributed by atoms with Crippen LogP contribution in [0.5, 0.6) is 11.5 Å². The first-order chi connectivity index (χ1) is 9.71. The van der Waals surface area contributed by atoms with Gasteiger partial charge in [-0.05, 0) is 30.3 Å². The molecule has 0 saturated heterocycles. The van der Waals surface area contributed by atoms with Crippen LogP contribution in [0.1, 0.15) is 0 Å². The average molecular weight is 333 g/mol. The van der Waals surface area contributed by atoms with Gasteiger partial charge in [-0.15, -0.1) is 0 Å². The quantitative estimate of drug-likeness (QED) is 0.685. The molecule has 2 aromatic carbocycles. The van der Waals surface area contributed by atoms with Crippen LogP contribution < -0.4 is 9.47 Å². The summed E-state index contributed by atoms with van der Waals surface area (Å²) in [5.74, 6) is 2.30. The van der Waals surface area contributed by atoms with Gasteiger partial charge in [0.1, 0.15) is 11.5 Å². The van der Waals surface area contributed by atoms with Gasteiger partial charge in [0.15, 0.2) is 11.3 Å². The maximum Gasteiger partial charge on any atom is 0.176 e. The molecular formula is C16H13BrO3. The minimum absolute atomic E-state index is 0.712. The van der Waals surface area contributed by atoms with Crippen LogP contribution in [-0.2, 0) is 0 Å². The van der Waals surface area contributed by atoms with Crippen molar-refractivity contribution in [1.29, 1.82) is 0 Å². The molecule has 102 valence electrons. The lowest BCUT2D eigenvalue weighted by atomic mass is 10.1. The number of methoxy groups -OCH3 is 2. The summed E-state index contributed by atoms with van der Waals surface area (Å²) in [6.45, 7) is 0. The van der Waals surface area contributed by atoms with Gasteiger partial charge in [0.25, 0.3) is 0 Å². The topological polar surface area (TPSA) is 31.6 Å². The van der Waals surface area contributed by atoms with Crippen molar-refractivity contribution in [3.8, 4) is 22.8 Å². The first kappa shape index (κ1) is 13.1. The lowest BCUT2D eigenvalue weighted by molar-refractivity contribution is 0.410. The highest BCUT2D eigenvalue weighted by molar-refractivity contribution is 9.10. The highest BCUT2D eigenvalue weighted by atomic mass is 79.9. The zero-order valence-corrected chi connectivity index (χ0v) is 12.7. The molecule has 0 atom stereocenters. The second-order valence-electron chi connectivity index (χ2n) is 4.37. The molecule has 0 aliphatic heterocycles. The Morgan fingerprint density at radius 3 is 2.60 bits per heavy atom. The second kappa shape index (κ2) is 5.21. The number of hydrogen-bond donors (Lipinski definition) is 0. The Hall–Kier alpha value is -1.94. The Balaban J connectivity index is 2.17. The molecule has 0 fully saturated rings. The molecule has 1 heterocycles. The molecule has 3 aromatic rings. The zero-order chi connectivity index (χ0) is 14.1. The van der Waals surface area contributed by atoms with E-state index in [4.69, 9.17) is 13.9 Å². The molecule has 0 aliphatic rings. The van der Waals surface area contributed by atoms with Gasteiger partial charge in [-0.2, -0.15) is 0 Å².